The number of carbonyl (C=O) groups excluding carboxylic acids is 1. The van der Waals surface area contributed by atoms with E-state index in [1.807, 2.05) is 0 Å². The fourth-order valence-corrected chi connectivity index (χ4v) is 4.66. The van der Waals surface area contributed by atoms with Gasteiger partial charge in [-0.15, -0.1) is 0 Å². The lowest BCUT2D eigenvalue weighted by Crippen LogP contribution is -2.28. The van der Waals surface area contributed by atoms with E-state index in [-0.39, 0.29) is 27.7 Å². The van der Waals surface area contributed by atoms with Crippen molar-refractivity contribution < 1.29 is 18.1 Å². The molecule has 1 saturated heterocycles. The van der Waals surface area contributed by atoms with E-state index in [4.69, 9.17) is 11.6 Å². The van der Waals surface area contributed by atoms with Crippen LogP contribution in [0.3, 0.4) is 0 Å². The molecule has 3 rings (SSSR count). The quantitative estimate of drug-likeness (QED) is 0.567. The van der Waals surface area contributed by atoms with Crippen LogP contribution in [0.5, 0.6) is 0 Å². The van der Waals surface area contributed by atoms with Crippen molar-refractivity contribution >= 4 is 33.2 Å². The molecule has 0 bridgehead atoms. The van der Waals surface area contributed by atoms with Gasteiger partial charge < -0.3 is 5.32 Å². The maximum Gasteiger partial charge on any atom is 0.270 e. The van der Waals surface area contributed by atoms with Gasteiger partial charge in [0, 0.05) is 31.8 Å². The number of nitrogens with zero attached hydrogens (tertiary/aromatic N) is 2. The molecule has 2 aromatic carbocycles. The van der Waals surface area contributed by atoms with Crippen molar-refractivity contribution in [1.82, 2.24) is 9.62 Å². The van der Waals surface area contributed by atoms with E-state index in [1.54, 1.807) is 12.1 Å². The van der Waals surface area contributed by atoms with Crippen LogP contribution in [0, 0.1) is 10.1 Å². The number of halogens is 1. The summed E-state index contributed by atoms with van der Waals surface area (Å²) in [5.41, 5.74) is 0.463. The maximum absolute atomic E-state index is 12.5. The lowest BCUT2D eigenvalue weighted by molar-refractivity contribution is -0.384. The fourth-order valence-electron chi connectivity index (χ4n) is 2.94. The number of nitro benzene ring substituents is 1. The number of carbonyl (C=O) groups is 1. The van der Waals surface area contributed by atoms with Crippen molar-refractivity contribution in [2.75, 3.05) is 13.1 Å². The summed E-state index contributed by atoms with van der Waals surface area (Å²) in [5, 5.41) is 13.6. The van der Waals surface area contributed by atoms with Gasteiger partial charge in [-0.25, -0.2) is 8.42 Å². The molecule has 8 nitrogen and oxygen atoms in total. The highest BCUT2D eigenvalue weighted by atomic mass is 35.5. The number of rotatable bonds is 6. The van der Waals surface area contributed by atoms with E-state index in [9.17, 15) is 23.3 Å². The van der Waals surface area contributed by atoms with Crippen molar-refractivity contribution in [3.63, 3.8) is 0 Å². The zero-order valence-corrected chi connectivity index (χ0v) is 16.4. The van der Waals surface area contributed by atoms with Crippen LogP contribution in [-0.4, -0.2) is 36.6 Å². The van der Waals surface area contributed by atoms with Crippen molar-refractivity contribution in [2.45, 2.75) is 24.3 Å². The van der Waals surface area contributed by atoms with Crippen LogP contribution in [0.4, 0.5) is 5.69 Å². The lowest BCUT2D eigenvalue weighted by Gasteiger charge is -2.15. The number of nitrogens with one attached hydrogen (secondary N) is 1. The van der Waals surface area contributed by atoms with Crippen molar-refractivity contribution in [3.05, 3.63) is 68.7 Å². The normalized spacial score (nSPS) is 14.8. The first-order chi connectivity index (χ1) is 13.3. The predicted molar refractivity (Wildman–Crippen MR) is 104 cm³/mol. The summed E-state index contributed by atoms with van der Waals surface area (Å²) < 4.78 is 26.5. The molecule has 148 valence electrons. The van der Waals surface area contributed by atoms with Gasteiger partial charge in [0.1, 0.15) is 0 Å². The second kappa shape index (κ2) is 8.26. The molecule has 1 heterocycles. The molecular formula is C18H18ClN3O5S. The number of nitro groups is 1. The molecule has 0 radical (unpaired) electrons. The Kier molecular flexibility index (Phi) is 5.97. The van der Waals surface area contributed by atoms with E-state index >= 15 is 0 Å². The van der Waals surface area contributed by atoms with Gasteiger partial charge >= 0.3 is 0 Å². The Morgan fingerprint density at radius 3 is 2.39 bits per heavy atom. The van der Waals surface area contributed by atoms with Crippen LogP contribution >= 0.6 is 11.6 Å². The Labute approximate surface area is 167 Å². The first-order valence-electron chi connectivity index (χ1n) is 8.60. The Morgan fingerprint density at radius 1 is 1.14 bits per heavy atom. The van der Waals surface area contributed by atoms with E-state index < -0.39 is 20.9 Å². The average molecular weight is 424 g/mol. The third-order valence-electron chi connectivity index (χ3n) is 4.48. The zero-order chi connectivity index (χ0) is 20.3. The summed E-state index contributed by atoms with van der Waals surface area (Å²) in [5.74, 6) is -0.553. The number of hydrogen-bond donors (Lipinski definition) is 1. The van der Waals surface area contributed by atoms with Gasteiger partial charge in [-0.2, -0.15) is 4.31 Å². The topological polar surface area (TPSA) is 110 Å². The molecule has 0 saturated carbocycles. The van der Waals surface area contributed by atoms with Gasteiger partial charge in [-0.05, 0) is 36.6 Å². The highest BCUT2D eigenvalue weighted by molar-refractivity contribution is 7.89. The first-order valence-corrected chi connectivity index (χ1v) is 10.4. The number of non-ortho nitro benzene ring substituents is 1. The summed E-state index contributed by atoms with van der Waals surface area (Å²) in [4.78, 5) is 22.8. The van der Waals surface area contributed by atoms with Crippen LogP contribution in [0.2, 0.25) is 5.02 Å². The Bertz CT molecular complexity index is 1000. The van der Waals surface area contributed by atoms with Gasteiger partial charge in [0.2, 0.25) is 10.0 Å². The number of benzene rings is 2. The van der Waals surface area contributed by atoms with E-state index in [2.05, 4.69) is 5.32 Å². The molecule has 1 N–H and O–H groups in total. The van der Waals surface area contributed by atoms with E-state index in [0.717, 1.165) is 18.9 Å². The lowest BCUT2D eigenvalue weighted by atomic mass is 10.1. The van der Waals surface area contributed by atoms with Crippen molar-refractivity contribution in [2.24, 2.45) is 0 Å². The van der Waals surface area contributed by atoms with Crippen LogP contribution in [0.1, 0.15) is 28.8 Å². The van der Waals surface area contributed by atoms with Gasteiger partial charge in [-0.3, -0.25) is 14.9 Å². The summed E-state index contributed by atoms with van der Waals surface area (Å²) in [6.45, 7) is 1.19. The van der Waals surface area contributed by atoms with E-state index in [0.29, 0.717) is 18.7 Å². The zero-order valence-electron chi connectivity index (χ0n) is 14.8. The molecule has 0 aliphatic carbocycles. The molecular weight excluding hydrogens is 406 g/mol. The monoisotopic (exact) mass is 423 g/mol. The number of hydrogen-bond acceptors (Lipinski definition) is 5. The highest BCUT2D eigenvalue weighted by Crippen LogP contribution is 2.23. The molecule has 28 heavy (non-hydrogen) atoms. The molecule has 10 heteroatoms. The molecule has 1 aliphatic heterocycles. The predicted octanol–water partition coefficient (Wildman–Crippen LogP) is 2.96. The van der Waals surface area contributed by atoms with Crippen molar-refractivity contribution in [3.8, 4) is 0 Å². The third kappa shape index (κ3) is 4.32. The standard InChI is InChI=1S/C18H18ClN3O5S/c19-17-8-5-14(22(24)25)11-16(17)18(23)20-12-13-3-6-15(7-4-13)28(26,27)21-9-1-2-10-21/h3-8,11H,1-2,9-10,12H2,(H,20,23). The molecule has 1 amide bonds. The minimum atomic E-state index is -3.48. The SMILES string of the molecule is O=C(NCc1ccc(S(=O)(=O)N2CCCC2)cc1)c1cc([N+](=O)[O-])ccc1Cl. The number of amides is 1. The van der Waals surface area contributed by atoms with E-state index in [1.165, 1.54) is 28.6 Å². The fraction of sp³-hybridized carbons (Fsp3) is 0.278. The minimum Gasteiger partial charge on any atom is -0.348 e. The summed E-state index contributed by atoms with van der Waals surface area (Å²) >= 11 is 5.96. The average Bonchev–Trinajstić information content (AvgIpc) is 3.22. The number of sulfonamides is 1. The van der Waals surface area contributed by atoms with Crippen LogP contribution in [0.15, 0.2) is 47.4 Å². The van der Waals surface area contributed by atoms with Crippen LogP contribution < -0.4 is 5.32 Å². The maximum atomic E-state index is 12.5. The second-order valence-electron chi connectivity index (χ2n) is 6.36. The molecule has 2 aromatic rings. The molecule has 1 aliphatic rings. The van der Waals surface area contributed by atoms with Gasteiger partial charge in [-0.1, -0.05) is 23.7 Å². The summed E-state index contributed by atoms with van der Waals surface area (Å²) in [6.07, 6.45) is 1.73. The van der Waals surface area contributed by atoms with Crippen molar-refractivity contribution in [1.29, 1.82) is 0 Å². The molecule has 0 spiro atoms. The third-order valence-corrected chi connectivity index (χ3v) is 6.73. The second-order valence-corrected chi connectivity index (χ2v) is 8.70. The largest absolute Gasteiger partial charge is 0.348 e. The van der Waals surface area contributed by atoms with Gasteiger partial charge in [0.05, 0.1) is 20.4 Å². The highest BCUT2D eigenvalue weighted by Gasteiger charge is 2.26. The van der Waals surface area contributed by atoms with Crippen LogP contribution in [-0.2, 0) is 16.6 Å². The Morgan fingerprint density at radius 2 is 1.79 bits per heavy atom. The van der Waals surface area contributed by atoms with Crippen LogP contribution in [0.25, 0.3) is 0 Å². The molecule has 0 unspecified atom stereocenters. The molecule has 0 atom stereocenters. The molecule has 0 aromatic heterocycles. The van der Waals surface area contributed by atoms with Gasteiger partial charge in [0.25, 0.3) is 11.6 Å². The summed E-state index contributed by atoms with van der Waals surface area (Å²) in [7, 11) is -3.48. The Balaban J connectivity index is 1.67. The Hall–Kier alpha value is -2.49. The van der Waals surface area contributed by atoms with Gasteiger partial charge in [0.15, 0.2) is 0 Å². The minimum absolute atomic E-state index is 0.00379. The summed E-state index contributed by atoms with van der Waals surface area (Å²) in [6, 6.07) is 9.90. The molecule has 1 fully saturated rings. The smallest absolute Gasteiger partial charge is 0.270 e. The first kappa shape index (κ1) is 20.2.